The summed E-state index contributed by atoms with van der Waals surface area (Å²) in [6.07, 6.45) is 1.92. The van der Waals surface area contributed by atoms with E-state index >= 15 is 0 Å². The van der Waals surface area contributed by atoms with Gasteiger partial charge in [0.25, 0.3) is 0 Å². The summed E-state index contributed by atoms with van der Waals surface area (Å²) < 4.78 is 8.08. The first kappa shape index (κ1) is 20.4. The van der Waals surface area contributed by atoms with Gasteiger partial charge in [-0.25, -0.2) is 0 Å². The fraction of sp³-hybridized carbons (Fsp3) is 0.125. The summed E-state index contributed by atoms with van der Waals surface area (Å²) in [5, 5.41) is 9.59. The highest BCUT2D eigenvalue weighted by Crippen LogP contribution is 2.28. The molecular formula is C24H19Br2NO. The number of benzene rings is 3. The number of rotatable bonds is 5. The van der Waals surface area contributed by atoms with E-state index in [2.05, 4.69) is 50.1 Å². The molecule has 0 radical (unpaired) electrons. The second kappa shape index (κ2) is 9.23. The Balaban J connectivity index is 1.84. The van der Waals surface area contributed by atoms with Crippen LogP contribution in [0.3, 0.4) is 0 Å². The molecule has 0 fully saturated rings. The predicted molar refractivity (Wildman–Crippen MR) is 122 cm³/mol. The van der Waals surface area contributed by atoms with Gasteiger partial charge >= 0.3 is 0 Å². The Morgan fingerprint density at radius 1 is 0.964 bits per heavy atom. The van der Waals surface area contributed by atoms with E-state index in [1.54, 1.807) is 0 Å². The van der Waals surface area contributed by atoms with E-state index in [1.807, 2.05) is 68.5 Å². The van der Waals surface area contributed by atoms with Crippen LogP contribution in [0.25, 0.3) is 11.6 Å². The zero-order valence-electron chi connectivity index (χ0n) is 15.7. The largest absolute Gasteiger partial charge is 0.488 e. The first-order chi connectivity index (χ1) is 13.5. The van der Waals surface area contributed by atoms with Gasteiger partial charge in [-0.3, -0.25) is 0 Å². The lowest BCUT2D eigenvalue weighted by Crippen LogP contribution is -1.99. The monoisotopic (exact) mass is 495 g/mol. The van der Waals surface area contributed by atoms with E-state index in [0.29, 0.717) is 12.2 Å². The van der Waals surface area contributed by atoms with Crippen LogP contribution in [0.4, 0.5) is 0 Å². The summed E-state index contributed by atoms with van der Waals surface area (Å²) in [4.78, 5) is 0. The molecule has 0 aliphatic heterocycles. The van der Waals surface area contributed by atoms with E-state index in [4.69, 9.17) is 4.74 Å². The van der Waals surface area contributed by atoms with Gasteiger partial charge in [0.05, 0.1) is 11.6 Å². The average Bonchev–Trinajstić information content (AvgIpc) is 2.67. The highest BCUT2D eigenvalue weighted by atomic mass is 79.9. The summed E-state index contributed by atoms with van der Waals surface area (Å²) in [6, 6.07) is 22.3. The molecule has 0 unspecified atom stereocenters. The van der Waals surface area contributed by atoms with Crippen molar-refractivity contribution in [3.8, 4) is 11.8 Å². The van der Waals surface area contributed by atoms with Crippen molar-refractivity contribution in [3.63, 3.8) is 0 Å². The summed E-state index contributed by atoms with van der Waals surface area (Å²) in [6.45, 7) is 4.59. The predicted octanol–water partition coefficient (Wildman–Crippen LogP) is 7.47. The zero-order chi connectivity index (χ0) is 20.1. The van der Waals surface area contributed by atoms with Crippen LogP contribution in [0.2, 0.25) is 0 Å². The molecule has 0 atom stereocenters. The van der Waals surface area contributed by atoms with Crippen molar-refractivity contribution in [2.45, 2.75) is 20.5 Å². The number of ether oxygens (including phenoxy) is 1. The number of nitriles is 1. The van der Waals surface area contributed by atoms with Crippen molar-refractivity contribution < 1.29 is 4.74 Å². The maximum Gasteiger partial charge on any atom is 0.125 e. The lowest BCUT2D eigenvalue weighted by atomic mass is 10.0. The third-order valence-corrected chi connectivity index (χ3v) is 5.37. The van der Waals surface area contributed by atoms with E-state index in [-0.39, 0.29) is 0 Å². The van der Waals surface area contributed by atoms with Crippen LogP contribution in [-0.4, -0.2) is 0 Å². The number of allylic oxidation sites excluding steroid dienone is 1. The van der Waals surface area contributed by atoms with E-state index in [0.717, 1.165) is 42.5 Å². The average molecular weight is 497 g/mol. The van der Waals surface area contributed by atoms with E-state index in [1.165, 1.54) is 0 Å². The number of hydrogen-bond donors (Lipinski definition) is 0. The highest BCUT2D eigenvalue weighted by molar-refractivity contribution is 9.10. The Morgan fingerprint density at radius 2 is 1.64 bits per heavy atom. The number of nitrogens with zero attached hydrogens (tertiary/aromatic N) is 1. The Morgan fingerprint density at radius 3 is 2.25 bits per heavy atom. The van der Waals surface area contributed by atoms with Crippen LogP contribution >= 0.6 is 31.9 Å². The van der Waals surface area contributed by atoms with Gasteiger partial charge in [-0.1, -0.05) is 56.1 Å². The maximum absolute atomic E-state index is 9.59. The van der Waals surface area contributed by atoms with Gasteiger partial charge in [-0.15, -0.1) is 0 Å². The van der Waals surface area contributed by atoms with E-state index < -0.39 is 0 Å². The highest BCUT2D eigenvalue weighted by Gasteiger charge is 2.08. The van der Waals surface area contributed by atoms with E-state index in [9.17, 15) is 5.26 Å². The van der Waals surface area contributed by atoms with Crippen molar-refractivity contribution >= 4 is 43.5 Å². The molecule has 0 amide bonds. The van der Waals surface area contributed by atoms with Gasteiger partial charge in [0.2, 0.25) is 0 Å². The quantitative estimate of drug-likeness (QED) is 0.271. The molecule has 0 aromatic heterocycles. The van der Waals surface area contributed by atoms with Gasteiger partial charge in [-0.05, 0) is 84.1 Å². The zero-order valence-corrected chi connectivity index (χ0v) is 18.8. The molecule has 0 saturated carbocycles. The SMILES string of the molecule is Cc1cc(/C=C(\C#N)c2cccc(Br)c2)cc(C)c1OCc1ccc(Br)cc1. The summed E-state index contributed by atoms with van der Waals surface area (Å²) >= 11 is 6.91. The summed E-state index contributed by atoms with van der Waals surface area (Å²) in [7, 11) is 0. The van der Waals surface area contributed by atoms with Crippen molar-refractivity contribution in [1.82, 2.24) is 0 Å². The second-order valence-corrected chi connectivity index (χ2v) is 8.41. The molecule has 0 N–H and O–H groups in total. The van der Waals surface area contributed by atoms with Gasteiger partial charge in [0.1, 0.15) is 12.4 Å². The lowest BCUT2D eigenvalue weighted by molar-refractivity contribution is 0.302. The third kappa shape index (κ3) is 5.13. The first-order valence-electron chi connectivity index (χ1n) is 8.82. The molecule has 28 heavy (non-hydrogen) atoms. The van der Waals surface area contributed by atoms with Crippen molar-refractivity contribution in [1.29, 1.82) is 5.26 Å². The fourth-order valence-corrected chi connectivity index (χ4v) is 3.70. The number of halogens is 2. The minimum absolute atomic E-state index is 0.519. The minimum Gasteiger partial charge on any atom is -0.488 e. The van der Waals surface area contributed by atoms with Gasteiger partial charge in [-0.2, -0.15) is 5.26 Å². The van der Waals surface area contributed by atoms with Crippen molar-refractivity contribution in [3.05, 3.63) is 97.4 Å². The van der Waals surface area contributed by atoms with Crippen LogP contribution in [-0.2, 0) is 6.61 Å². The lowest BCUT2D eigenvalue weighted by Gasteiger charge is -2.14. The van der Waals surface area contributed by atoms with Gasteiger partial charge in [0.15, 0.2) is 0 Å². The normalized spacial score (nSPS) is 11.2. The van der Waals surface area contributed by atoms with Crippen LogP contribution in [0, 0.1) is 25.2 Å². The molecule has 0 bridgehead atoms. The van der Waals surface area contributed by atoms with Crippen LogP contribution in [0.1, 0.15) is 27.8 Å². The summed E-state index contributed by atoms with van der Waals surface area (Å²) in [5.41, 5.74) is 5.73. The molecule has 0 spiro atoms. The molecule has 3 rings (SSSR count). The topological polar surface area (TPSA) is 33.0 Å². The minimum atomic E-state index is 0.519. The Bertz CT molecular complexity index is 1040. The van der Waals surface area contributed by atoms with Crippen LogP contribution in [0.5, 0.6) is 5.75 Å². The molecule has 2 nitrogen and oxygen atoms in total. The molecule has 0 aliphatic rings. The van der Waals surface area contributed by atoms with Gasteiger partial charge < -0.3 is 4.74 Å². The summed E-state index contributed by atoms with van der Waals surface area (Å²) in [5.74, 6) is 0.890. The van der Waals surface area contributed by atoms with Crippen LogP contribution < -0.4 is 4.74 Å². The molecule has 3 aromatic carbocycles. The fourth-order valence-electron chi connectivity index (χ4n) is 3.03. The molecule has 0 heterocycles. The van der Waals surface area contributed by atoms with Gasteiger partial charge in [0, 0.05) is 8.95 Å². The Hall–Kier alpha value is -2.35. The third-order valence-electron chi connectivity index (χ3n) is 4.35. The molecule has 3 aromatic rings. The smallest absolute Gasteiger partial charge is 0.125 e. The van der Waals surface area contributed by atoms with Crippen LogP contribution in [0.15, 0.2) is 69.6 Å². The first-order valence-corrected chi connectivity index (χ1v) is 10.4. The van der Waals surface area contributed by atoms with Crippen molar-refractivity contribution in [2.24, 2.45) is 0 Å². The van der Waals surface area contributed by atoms with Crippen molar-refractivity contribution in [2.75, 3.05) is 0 Å². The molecule has 4 heteroatoms. The molecular weight excluding hydrogens is 478 g/mol. The molecule has 140 valence electrons. The number of aryl methyl sites for hydroxylation is 2. The Labute approximate surface area is 182 Å². The Kier molecular flexibility index (Phi) is 6.72. The standard InChI is InChI=1S/C24H19Br2NO/c1-16-10-19(12-21(14-27)20-4-3-5-23(26)13-20)11-17(2)24(16)28-15-18-6-8-22(25)9-7-18/h3-13H,15H2,1-2H3/b21-12+. The molecule has 0 aliphatic carbocycles. The number of hydrogen-bond acceptors (Lipinski definition) is 2. The molecule has 0 saturated heterocycles. The maximum atomic E-state index is 9.59. The second-order valence-electron chi connectivity index (χ2n) is 6.58.